The van der Waals surface area contributed by atoms with E-state index in [2.05, 4.69) is 4.98 Å². The summed E-state index contributed by atoms with van der Waals surface area (Å²) in [5, 5.41) is 0. The van der Waals surface area contributed by atoms with Crippen molar-refractivity contribution in [2.75, 3.05) is 26.2 Å². The van der Waals surface area contributed by atoms with E-state index < -0.39 is 38.4 Å². The van der Waals surface area contributed by atoms with E-state index >= 15 is 0 Å². The second-order valence-corrected chi connectivity index (χ2v) is 9.44. The van der Waals surface area contributed by atoms with Gasteiger partial charge in [-0.1, -0.05) is 12.1 Å². The van der Waals surface area contributed by atoms with Crippen molar-refractivity contribution in [3.05, 3.63) is 59.5 Å². The molecule has 0 bridgehead atoms. The van der Waals surface area contributed by atoms with Crippen LogP contribution in [0.25, 0.3) is 11.1 Å². The predicted octanol–water partition coefficient (Wildman–Crippen LogP) is 4.37. The molecule has 33 heavy (non-hydrogen) atoms. The van der Waals surface area contributed by atoms with Crippen LogP contribution in [0.2, 0.25) is 0 Å². The van der Waals surface area contributed by atoms with Crippen molar-refractivity contribution in [1.29, 1.82) is 0 Å². The number of rotatable bonds is 4. The summed E-state index contributed by atoms with van der Waals surface area (Å²) in [6.45, 7) is 0.455. The lowest BCUT2D eigenvalue weighted by molar-refractivity contribution is -0.143. The third-order valence-corrected chi connectivity index (χ3v) is 7.10. The fourth-order valence-electron chi connectivity index (χ4n) is 3.53. The molecule has 3 aromatic rings. The van der Waals surface area contributed by atoms with E-state index in [0.717, 1.165) is 4.31 Å². The third kappa shape index (κ3) is 4.99. The molecule has 0 spiro atoms. The zero-order valence-electron chi connectivity index (χ0n) is 16.8. The molecular formula is C20H17F6N3O3S. The molecule has 0 amide bonds. The molecule has 0 unspecified atom stereocenters. The summed E-state index contributed by atoms with van der Waals surface area (Å²) in [6.07, 6.45) is -10.3. The maximum Gasteiger partial charge on any atom is 0.416 e. The van der Waals surface area contributed by atoms with Crippen LogP contribution in [0, 0.1) is 0 Å². The van der Waals surface area contributed by atoms with Gasteiger partial charge < -0.3 is 4.42 Å². The third-order valence-electron chi connectivity index (χ3n) is 5.23. The second kappa shape index (κ2) is 8.29. The van der Waals surface area contributed by atoms with Crippen molar-refractivity contribution >= 4 is 21.1 Å². The summed E-state index contributed by atoms with van der Waals surface area (Å²) in [4.78, 5) is 5.13. The SMILES string of the molecule is O=S(=O)(c1cc(C(F)(F)F)cc(C(F)(F)F)c1)N1CCN(Cc2nc3ccccc3o2)CC1. The molecule has 1 aliphatic rings. The number of piperazine rings is 1. The minimum absolute atomic E-state index is 0.0999. The van der Waals surface area contributed by atoms with Crippen LogP contribution in [0.15, 0.2) is 51.8 Å². The van der Waals surface area contributed by atoms with Gasteiger partial charge in [0.1, 0.15) is 5.52 Å². The summed E-state index contributed by atoms with van der Waals surface area (Å²) in [5.74, 6) is 0.417. The van der Waals surface area contributed by atoms with Crippen molar-refractivity contribution in [2.45, 2.75) is 23.8 Å². The number of hydrogen-bond acceptors (Lipinski definition) is 5. The number of nitrogens with zero attached hydrogens (tertiary/aromatic N) is 3. The van der Waals surface area contributed by atoms with E-state index in [0.29, 0.717) is 17.0 Å². The average Bonchev–Trinajstić information content (AvgIpc) is 3.15. The van der Waals surface area contributed by atoms with Gasteiger partial charge in [0.05, 0.1) is 22.6 Å². The molecule has 1 aromatic heterocycles. The monoisotopic (exact) mass is 493 g/mol. The highest BCUT2D eigenvalue weighted by atomic mass is 32.2. The molecule has 1 aliphatic heterocycles. The van der Waals surface area contributed by atoms with Gasteiger partial charge in [-0.3, -0.25) is 4.90 Å². The summed E-state index contributed by atoms with van der Waals surface area (Å²) >= 11 is 0. The van der Waals surface area contributed by atoms with Crippen molar-refractivity contribution in [3.8, 4) is 0 Å². The highest BCUT2D eigenvalue weighted by molar-refractivity contribution is 7.89. The lowest BCUT2D eigenvalue weighted by Crippen LogP contribution is -2.48. The van der Waals surface area contributed by atoms with Crippen LogP contribution in [0.3, 0.4) is 0 Å². The molecule has 0 saturated carbocycles. The zero-order valence-corrected chi connectivity index (χ0v) is 17.6. The van der Waals surface area contributed by atoms with Crippen LogP contribution in [0.5, 0.6) is 0 Å². The highest BCUT2D eigenvalue weighted by Crippen LogP contribution is 2.38. The van der Waals surface area contributed by atoms with E-state index in [1.165, 1.54) is 0 Å². The molecule has 1 fully saturated rings. The molecule has 2 heterocycles. The molecule has 4 rings (SSSR count). The highest BCUT2D eigenvalue weighted by Gasteiger charge is 2.39. The Morgan fingerprint density at radius 1 is 0.879 bits per heavy atom. The first kappa shape index (κ1) is 23.5. The van der Waals surface area contributed by atoms with Crippen molar-refractivity contribution < 1.29 is 39.2 Å². The fourth-order valence-corrected chi connectivity index (χ4v) is 5.03. The van der Waals surface area contributed by atoms with Gasteiger partial charge in [-0.15, -0.1) is 0 Å². The molecule has 1 saturated heterocycles. The molecule has 0 radical (unpaired) electrons. The first-order chi connectivity index (χ1) is 15.3. The maximum atomic E-state index is 13.1. The van der Waals surface area contributed by atoms with E-state index in [-0.39, 0.29) is 50.9 Å². The standard InChI is InChI=1S/C20H17F6N3O3S/c21-19(22,23)13-9-14(20(24,25)26)11-15(10-13)33(30,31)29-7-5-28(6-8-29)12-18-27-16-3-1-2-4-17(16)32-18/h1-4,9-11H,5-8,12H2. The van der Waals surface area contributed by atoms with Crippen LogP contribution >= 0.6 is 0 Å². The van der Waals surface area contributed by atoms with Gasteiger partial charge in [0.25, 0.3) is 0 Å². The summed E-state index contributed by atoms with van der Waals surface area (Å²) in [6, 6.07) is 7.48. The first-order valence-corrected chi connectivity index (χ1v) is 11.1. The Labute approximate surface area is 184 Å². The van der Waals surface area contributed by atoms with Gasteiger partial charge in [-0.2, -0.15) is 30.6 Å². The Morgan fingerprint density at radius 2 is 1.45 bits per heavy atom. The Kier molecular flexibility index (Phi) is 5.91. The minimum Gasteiger partial charge on any atom is -0.439 e. The van der Waals surface area contributed by atoms with Crippen LogP contribution < -0.4 is 0 Å². The van der Waals surface area contributed by atoms with Crippen molar-refractivity contribution in [3.63, 3.8) is 0 Å². The zero-order chi connectivity index (χ0) is 24.0. The first-order valence-electron chi connectivity index (χ1n) is 9.70. The summed E-state index contributed by atoms with van der Waals surface area (Å²) < 4.78 is 111. The molecular weight excluding hydrogens is 476 g/mol. The molecule has 0 N–H and O–H groups in total. The van der Waals surface area contributed by atoms with E-state index in [1.54, 1.807) is 24.3 Å². The quantitative estimate of drug-likeness (QED) is 0.505. The Hall–Kier alpha value is -2.64. The average molecular weight is 493 g/mol. The van der Waals surface area contributed by atoms with Crippen LogP contribution in [-0.4, -0.2) is 48.8 Å². The van der Waals surface area contributed by atoms with Crippen LogP contribution in [-0.2, 0) is 28.9 Å². The van der Waals surface area contributed by atoms with Gasteiger partial charge >= 0.3 is 12.4 Å². The second-order valence-electron chi connectivity index (χ2n) is 7.50. The lowest BCUT2D eigenvalue weighted by Gasteiger charge is -2.33. The molecule has 2 aromatic carbocycles. The molecule has 0 aliphatic carbocycles. The fraction of sp³-hybridized carbons (Fsp3) is 0.350. The predicted molar refractivity (Wildman–Crippen MR) is 104 cm³/mol. The molecule has 13 heteroatoms. The summed E-state index contributed by atoms with van der Waals surface area (Å²) in [5.41, 5.74) is -2.09. The number of fused-ring (bicyclic) bond motifs is 1. The topological polar surface area (TPSA) is 66.7 Å². The largest absolute Gasteiger partial charge is 0.439 e. The smallest absolute Gasteiger partial charge is 0.416 e. The number of benzene rings is 2. The van der Waals surface area contributed by atoms with Crippen molar-refractivity contribution in [2.24, 2.45) is 0 Å². The normalized spacial score (nSPS) is 17.0. The van der Waals surface area contributed by atoms with Gasteiger partial charge in [-0.05, 0) is 30.3 Å². The number of sulfonamides is 1. The Balaban J connectivity index is 1.51. The Bertz CT molecular complexity index is 1200. The van der Waals surface area contributed by atoms with Crippen LogP contribution in [0.4, 0.5) is 26.3 Å². The number of oxazole rings is 1. The number of halogens is 6. The van der Waals surface area contributed by atoms with E-state index in [9.17, 15) is 34.8 Å². The summed E-state index contributed by atoms with van der Waals surface area (Å²) in [7, 11) is -4.58. The number of para-hydroxylation sites is 2. The number of alkyl halides is 6. The molecule has 178 valence electrons. The minimum atomic E-state index is -5.14. The van der Waals surface area contributed by atoms with Gasteiger partial charge in [-0.25, -0.2) is 13.4 Å². The number of hydrogen-bond donors (Lipinski definition) is 0. The van der Waals surface area contributed by atoms with Crippen LogP contribution in [0.1, 0.15) is 17.0 Å². The van der Waals surface area contributed by atoms with Gasteiger partial charge in [0.2, 0.25) is 15.9 Å². The van der Waals surface area contributed by atoms with Gasteiger partial charge in [0, 0.05) is 26.2 Å². The van der Waals surface area contributed by atoms with E-state index in [1.807, 2.05) is 4.90 Å². The molecule has 0 atom stereocenters. The molecule has 6 nitrogen and oxygen atoms in total. The van der Waals surface area contributed by atoms with Crippen molar-refractivity contribution in [1.82, 2.24) is 14.2 Å². The lowest BCUT2D eigenvalue weighted by atomic mass is 10.1. The van der Waals surface area contributed by atoms with Gasteiger partial charge in [0.15, 0.2) is 5.58 Å². The number of aromatic nitrogens is 1. The maximum absolute atomic E-state index is 13.1. The Morgan fingerprint density at radius 3 is 2.00 bits per heavy atom. The van der Waals surface area contributed by atoms with E-state index in [4.69, 9.17) is 4.42 Å².